The van der Waals surface area contributed by atoms with Crippen LogP contribution < -0.4 is 0 Å². The van der Waals surface area contributed by atoms with Gasteiger partial charge in [-0.05, 0) is 68.5 Å². The topological polar surface area (TPSA) is 93.0 Å². The van der Waals surface area contributed by atoms with Gasteiger partial charge in [0.1, 0.15) is 24.4 Å². The first-order valence-electron chi connectivity index (χ1n) is 18.2. The molecule has 292 valence electrons. The Morgan fingerprint density at radius 2 is 1.72 bits per heavy atom. The highest BCUT2D eigenvalue weighted by atomic mass is 19.1. The molecule has 0 aliphatic carbocycles. The summed E-state index contributed by atoms with van der Waals surface area (Å²) in [6.45, 7) is 12.6. The van der Waals surface area contributed by atoms with Crippen LogP contribution in [0.3, 0.4) is 0 Å². The van der Waals surface area contributed by atoms with Crippen LogP contribution in [0.15, 0.2) is 72.1 Å². The van der Waals surface area contributed by atoms with Gasteiger partial charge in [0.15, 0.2) is 11.6 Å². The molecule has 3 heterocycles. The Labute approximate surface area is 314 Å². The lowest BCUT2D eigenvalue weighted by Gasteiger charge is -2.45. The van der Waals surface area contributed by atoms with E-state index in [2.05, 4.69) is 5.10 Å². The van der Waals surface area contributed by atoms with Crippen LogP contribution in [0, 0.1) is 23.0 Å². The minimum atomic E-state index is -1.49. The molecule has 2 aliphatic heterocycles. The van der Waals surface area contributed by atoms with Crippen molar-refractivity contribution in [1.29, 1.82) is 0 Å². The number of benzene rings is 2. The lowest BCUT2D eigenvalue weighted by molar-refractivity contribution is -0.0621. The number of hydrogen-bond donors (Lipinski definition) is 0. The van der Waals surface area contributed by atoms with Crippen molar-refractivity contribution in [3.05, 3.63) is 95.1 Å². The molecule has 0 spiro atoms. The number of carbonyl (C=O) groups is 2. The number of rotatable bonds is 10. The molecule has 0 bridgehead atoms. The number of nitrogens with zero attached hydrogens (tertiary/aromatic N) is 6. The van der Waals surface area contributed by atoms with E-state index < -0.39 is 53.1 Å². The second kappa shape index (κ2) is 17.2. The number of likely N-dealkylation sites (tertiary alicyclic amines) is 1. The molecule has 10 nitrogen and oxygen atoms in total. The van der Waals surface area contributed by atoms with E-state index in [1.807, 2.05) is 65.0 Å². The first kappa shape index (κ1) is 40.5. The SMILES string of the molecule is C/C=C(\C=C(/C)F)Cn1nc(-c2cc(F)ccc2F)nc1[C@H](N(C[C@@H]1CN(C(=O)OCc2ccccc2)C[C@@H]1F)C(=O)N1C[C@@H](C)O[C@@H](C)C1)C(C)(C)C. The first-order chi connectivity index (χ1) is 25.5. The van der Waals surface area contributed by atoms with E-state index in [9.17, 15) is 18.4 Å². The van der Waals surface area contributed by atoms with Crippen LogP contribution in [0.2, 0.25) is 0 Å². The highest BCUT2D eigenvalue weighted by molar-refractivity contribution is 5.75. The number of ether oxygens (including phenoxy) is 2. The molecule has 54 heavy (non-hydrogen) atoms. The monoisotopic (exact) mass is 754 g/mol. The van der Waals surface area contributed by atoms with Crippen LogP contribution in [0.5, 0.6) is 0 Å². The summed E-state index contributed by atoms with van der Waals surface area (Å²) in [5, 5.41) is 4.61. The summed E-state index contributed by atoms with van der Waals surface area (Å²) in [5.74, 6) is -2.64. The van der Waals surface area contributed by atoms with E-state index in [0.29, 0.717) is 5.57 Å². The number of allylic oxidation sites excluding steroid dienone is 4. The van der Waals surface area contributed by atoms with E-state index in [1.165, 1.54) is 22.6 Å². The summed E-state index contributed by atoms with van der Waals surface area (Å²) in [6.07, 6.45) is 0.317. The van der Waals surface area contributed by atoms with Crippen molar-refractivity contribution < 1.29 is 36.6 Å². The Kier molecular flexibility index (Phi) is 12.9. The molecule has 0 unspecified atom stereocenters. The molecular weight excluding hydrogens is 704 g/mol. The van der Waals surface area contributed by atoms with Crippen molar-refractivity contribution in [2.24, 2.45) is 11.3 Å². The van der Waals surface area contributed by atoms with Crippen molar-refractivity contribution >= 4 is 12.1 Å². The van der Waals surface area contributed by atoms with Gasteiger partial charge in [-0.2, -0.15) is 5.10 Å². The van der Waals surface area contributed by atoms with Crippen LogP contribution in [-0.4, -0.2) is 92.7 Å². The van der Waals surface area contributed by atoms with Crippen molar-refractivity contribution in [2.75, 3.05) is 32.7 Å². The summed E-state index contributed by atoms with van der Waals surface area (Å²) < 4.78 is 72.8. The maximum absolute atomic E-state index is 16.1. The minimum absolute atomic E-state index is 0.0128. The van der Waals surface area contributed by atoms with E-state index >= 15 is 8.78 Å². The maximum atomic E-state index is 16.1. The zero-order chi connectivity index (χ0) is 39.3. The standard InChI is InChI=1S/C40H50F4N6O4/c1-8-28(16-25(2)41)20-50-37(45-36(46-50)32-17-31(42)14-15-33(32)43)35(40(5,6)7)49(38(51)47-18-26(3)54-27(4)19-47)22-30-21-48(23-34(30)44)39(52)53-24-29-12-10-9-11-13-29/h8-17,26-27,30,34-35H,18-24H2,1-7H3/b25-16+,28-8+/t26-,27+,30-,34-,35-/m0/s1. The Bertz CT molecular complexity index is 1830. The second-order valence-corrected chi connectivity index (χ2v) is 15.3. The summed E-state index contributed by atoms with van der Waals surface area (Å²) in [7, 11) is 0. The van der Waals surface area contributed by atoms with Gasteiger partial charge < -0.3 is 24.2 Å². The van der Waals surface area contributed by atoms with Crippen molar-refractivity contribution in [3.8, 4) is 11.4 Å². The quantitative estimate of drug-likeness (QED) is 0.153. The van der Waals surface area contributed by atoms with Crippen LogP contribution in [-0.2, 0) is 22.6 Å². The fraction of sp³-hybridized carbons (Fsp3) is 0.500. The summed E-state index contributed by atoms with van der Waals surface area (Å²) >= 11 is 0. The molecule has 5 atom stereocenters. The first-order valence-corrected chi connectivity index (χ1v) is 18.2. The largest absolute Gasteiger partial charge is 0.445 e. The molecule has 1 aromatic heterocycles. The number of urea groups is 1. The average molecular weight is 755 g/mol. The summed E-state index contributed by atoms with van der Waals surface area (Å²) in [5.41, 5.74) is 0.303. The van der Waals surface area contributed by atoms with Gasteiger partial charge >= 0.3 is 12.1 Å². The van der Waals surface area contributed by atoms with Crippen molar-refractivity contribution in [3.63, 3.8) is 0 Å². The third kappa shape index (κ3) is 9.87. The number of hydrogen-bond acceptors (Lipinski definition) is 6. The van der Waals surface area contributed by atoms with Gasteiger partial charge in [0, 0.05) is 32.1 Å². The van der Waals surface area contributed by atoms with Gasteiger partial charge in [0.2, 0.25) is 0 Å². The Morgan fingerprint density at radius 3 is 2.35 bits per heavy atom. The van der Waals surface area contributed by atoms with Crippen LogP contribution >= 0.6 is 0 Å². The minimum Gasteiger partial charge on any atom is -0.445 e. The molecule has 0 saturated carbocycles. The normalized spacial score (nSPS) is 21.7. The second-order valence-electron chi connectivity index (χ2n) is 15.3. The van der Waals surface area contributed by atoms with Gasteiger partial charge in [-0.3, -0.25) is 0 Å². The van der Waals surface area contributed by atoms with Crippen LogP contribution in [0.1, 0.15) is 65.9 Å². The van der Waals surface area contributed by atoms with Gasteiger partial charge in [0.05, 0.1) is 42.7 Å². The summed E-state index contributed by atoms with van der Waals surface area (Å²) in [6, 6.07) is 10.8. The number of carbonyl (C=O) groups excluding carboxylic acids is 2. The van der Waals surface area contributed by atoms with Gasteiger partial charge in [-0.1, -0.05) is 57.2 Å². The van der Waals surface area contributed by atoms with E-state index in [0.717, 1.165) is 23.8 Å². The van der Waals surface area contributed by atoms with Crippen molar-refractivity contribution in [2.45, 2.75) is 86.0 Å². The Balaban J connectivity index is 1.57. The molecule has 0 radical (unpaired) electrons. The van der Waals surface area contributed by atoms with Crippen LogP contribution in [0.25, 0.3) is 11.4 Å². The molecule has 2 aliphatic rings. The average Bonchev–Trinajstić information content (AvgIpc) is 3.69. The number of aromatic nitrogens is 3. The van der Waals surface area contributed by atoms with Gasteiger partial charge in [-0.25, -0.2) is 36.8 Å². The molecule has 3 amide bonds. The third-order valence-corrected chi connectivity index (χ3v) is 9.53. The third-order valence-electron chi connectivity index (χ3n) is 9.53. The molecule has 14 heteroatoms. The molecule has 2 aromatic carbocycles. The van der Waals surface area contributed by atoms with E-state index in [4.69, 9.17) is 14.5 Å². The zero-order valence-electron chi connectivity index (χ0n) is 31.9. The Morgan fingerprint density at radius 1 is 1.04 bits per heavy atom. The summed E-state index contributed by atoms with van der Waals surface area (Å²) in [4.78, 5) is 37.3. The Hall–Kier alpha value is -4.72. The van der Waals surface area contributed by atoms with E-state index in [1.54, 1.807) is 22.8 Å². The number of amides is 3. The zero-order valence-corrected chi connectivity index (χ0v) is 31.9. The van der Waals surface area contributed by atoms with Crippen LogP contribution in [0.4, 0.5) is 27.2 Å². The number of morpholine rings is 1. The fourth-order valence-electron chi connectivity index (χ4n) is 7.12. The van der Waals surface area contributed by atoms with Gasteiger partial charge in [-0.15, -0.1) is 0 Å². The molecule has 2 saturated heterocycles. The maximum Gasteiger partial charge on any atom is 0.410 e. The molecule has 0 N–H and O–H groups in total. The lowest BCUT2D eigenvalue weighted by atomic mass is 9.84. The predicted molar refractivity (Wildman–Crippen MR) is 196 cm³/mol. The predicted octanol–water partition coefficient (Wildman–Crippen LogP) is 8.27. The number of alkyl halides is 1. The molecule has 2 fully saturated rings. The number of halogens is 4. The molecular formula is C40H50F4N6O4. The smallest absolute Gasteiger partial charge is 0.410 e. The molecule has 3 aromatic rings. The molecule has 5 rings (SSSR count). The lowest BCUT2D eigenvalue weighted by Crippen LogP contribution is -2.56. The van der Waals surface area contributed by atoms with Crippen molar-refractivity contribution in [1.82, 2.24) is 29.5 Å². The van der Waals surface area contributed by atoms with Gasteiger partial charge in [0.25, 0.3) is 0 Å². The van der Waals surface area contributed by atoms with E-state index in [-0.39, 0.29) is 75.3 Å². The highest BCUT2D eigenvalue weighted by Crippen LogP contribution is 2.41. The highest BCUT2D eigenvalue weighted by Gasteiger charge is 2.45. The fourth-order valence-corrected chi connectivity index (χ4v) is 7.12.